The molecule has 1 unspecified atom stereocenters. The lowest BCUT2D eigenvalue weighted by atomic mass is 10.0. The number of hydrogen-bond acceptors (Lipinski definition) is 5. The summed E-state index contributed by atoms with van der Waals surface area (Å²) in [5.41, 5.74) is 1.52. The summed E-state index contributed by atoms with van der Waals surface area (Å²) < 4.78 is 10.6. The van der Waals surface area contributed by atoms with Crippen LogP contribution in [0.15, 0.2) is 48.5 Å². The third-order valence-corrected chi connectivity index (χ3v) is 6.00. The summed E-state index contributed by atoms with van der Waals surface area (Å²) in [7, 11) is 3.12. The monoisotopic (exact) mass is 439 g/mol. The van der Waals surface area contributed by atoms with Gasteiger partial charge in [-0.15, -0.1) is 0 Å². The van der Waals surface area contributed by atoms with Crippen LogP contribution in [0, 0.1) is 0 Å². The van der Waals surface area contributed by atoms with Crippen LogP contribution in [-0.4, -0.2) is 80.0 Å². The Kier molecular flexibility index (Phi) is 8.11. The molecule has 7 nitrogen and oxygen atoms in total. The molecule has 1 heterocycles. The number of rotatable bonds is 8. The number of nitrogens with zero attached hydrogens (tertiary/aromatic N) is 3. The Morgan fingerprint density at radius 1 is 0.875 bits per heavy atom. The lowest BCUT2D eigenvalue weighted by molar-refractivity contribution is -0.138. The molecule has 0 bridgehead atoms. The largest absolute Gasteiger partial charge is 0.497 e. The third-order valence-electron chi connectivity index (χ3n) is 6.00. The maximum absolute atomic E-state index is 13.5. The number of ether oxygens (including phenoxy) is 2. The van der Waals surface area contributed by atoms with Gasteiger partial charge in [-0.25, -0.2) is 0 Å². The minimum absolute atomic E-state index is 0.0855. The first kappa shape index (κ1) is 23.6. The number of carbonyl (C=O) groups is 2. The van der Waals surface area contributed by atoms with Gasteiger partial charge in [0.2, 0.25) is 5.91 Å². The summed E-state index contributed by atoms with van der Waals surface area (Å²) in [6.07, 6.45) is 0. The zero-order chi connectivity index (χ0) is 23.1. The SMILES string of the molecule is CCN(CC)C(C(=O)N1CCN(C(=O)c2cc(OC)cc(OC)c2)CC1)c1ccccc1. The number of methoxy groups -OCH3 is 2. The smallest absolute Gasteiger partial charge is 0.254 e. The van der Waals surface area contributed by atoms with Gasteiger partial charge in [-0.2, -0.15) is 0 Å². The van der Waals surface area contributed by atoms with Gasteiger partial charge in [0.1, 0.15) is 17.5 Å². The predicted octanol–water partition coefficient (Wildman–Crippen LogP) is 3.07. The van der Waals surface area contributed by atoms with Crippen LogP contribution in [0.25, 0.3) is 0 Å². The van der Waals surface area contributed by atoms with Gasteiger partial charge < -0.3 is 19.3 Å². The van der Waals surface area contributed by atoms with Crippen molar-refractivity contribution in [2.75, 3.05) is 53.5 Å². The van der Waals surface area contributed by atoms with Crippen molar-refractivity contribution in [1.82, 2.24) is 14.7 Å². The second kappa shape index (κ2) is 11.0. The van der Waals surface area contributed by atoms with Crippen molar-refractivity contribution in [3.63, 3.8) is 0 Å². The first-order chi connectivity index (χ1) is 15.5. The first-order valence-electron chi connectivity index (χ1n) is 11.1. The van der Waals surface area contributed by atoms with Crippen LogP contribution in [-0.2, 0) is 4.79 Å². The molecule has 0 radical (unpaired) electrons. The highest BCUT2D eigenvalue weighted by Crippen LogP contribution is 2.26. The molecule has 1 atom stereocenters. The van der Waals surface area contributed by atoms with Gasteiger partial charge in [0.15, 0.2) is 0 Å². The summed E-state index contributed by atoms with van der Waals surface area (Å²) in [4.78, 5) is 32.4. The van der Waals surface area contributed by atoms with Gasteiger partial charge >= 0.3 is 0 Å². The van der Waals surface area contributed by atoms with Crippen LogP contribution >= 0.6 is 0 Å². The van der Waals surface area contributed by atoms with E-state index in [2.05, 4.69) is 18.7 Å². The van der Waals surface area contributed by atoms with Crippen LogP contribution in [0.1, 0.15) is 35.8 Å². The molecule has 0 spiro atoms. The van der Waals surface area contributed by atoms with E-state index in [4.69, 9.17) is 9.47 Å². The fourth-order valence-corrected chi connectivity index (χ4v) is 4.15. The minimum Gasteiger partial charge on any atom is -0.497 e. The second-order valence-electron chi connectivity index (χ2n) is 7.75. The maximum Gasteiger partial charge on any atom is 0.254 e. The quantitative estimate of drug-likeness (QED) is 0.633. The van der Waals surface area contributed by atoms with Crippen LogP contribution in [0.3, 0.4) is 0 Å². The normalized spacial score (nSPS) is 14.9. The number of likely N-dealkylation sites (N-methyl/N-ethyl adjacent to an activating group) is 1. The van der Waals surface area contributed by atoms with Crippen molar-refractivity contribution in [2.24, 2.45) is 0 Å². The Labute approximate surface area is 190 Å². The maximum atomic E-state index is 13.5. The van der Waals surface area contributed by atoms with Crippen molar-refractivity contribution < 1.29 is 19.1 Å². The van der Waals surface area contributed by atoms with E-state index < -0.39 is 0 Å². The van der Waals surface area contributed by atoms with E-state index in [1.165, 1.54) is 0 Å². The van der Waals surface area contributed by atoms with E-state index in [1.807, 2.05) is 35.2 Å². The molecular formula is C25H33N3O4. The van der Waals surface area contributed by atoms with Gasteiger partial charge in [-0.1, -0.05) is 44.2 Å². The van der Waals surface area contributed by atoms with Gasteiger partial charge in [0.05, 0.1) is 14.2 Å². The highest BCUT2D eigenvalue weighted by molar-refractivity contribution is 5.95. The van der Waals surface area contributed by atoms with E-state index in [1.54, 1.807) is 37.3 Å². The minimum atomic E-state index is -0.309. The number of amides is 2. The van der Waals surface area contributed by atoms with Crippen molar-refractivity contribution in [2.45, 2.75) is 19.9 Å². The molecule has 32 heavy (non-hydrogen) atoms. The molecule has 0 saturated carbocycles. The number of benzene rings is 2. The standard InChI is InChI=1S/C25H33N3O4/c1-5-26(6-2)23(19-10-8-7-9-11-19)25(30)28-14-12-27(13-15-28)24(29)20-16-21(31-3)18-22(17-20)32-4/h7-11,16-18,23H,5-6,12-15H2,1-4H3. The molecule has 0 aromatic heterocycles. The van der Waals surface area contributed by atoms with Gasteiger partial charge in [0.25, 0.3) is 5.91 Å². The number of hydrogen-bond donors (Lipinski definition) is 0. The van der Waals surface area contributed by atoms with Crippen molar-refractivity contribution in [3.05, 3.63) is 59.7 Å². The molecule has 0 N–H and O–H groups in total. The van der Waals surface area contributed by atoms with E-state index >= 15 is 0 Å². The highest BCUT2D eigenvalue weighted by atomic mass is 16.5. The molecule has 1 aliphatic heterocycles. The van der Waals surface area contributed by atoms with Crippen LogP contribution in [0.4, 0.5) is 0 Å². The Morgan fingerprint density at radius 3 is 1.91 bits per heavy atom. The molecule has 1 saturated heterocycles. The van der Waals surface area contributed by atoms with Gasteiger partial charge in [-0.3, -0.25) is 14.5 Å². The average molecular weight is 440 g/mol. The van der Waals surface area contributed by atoms with E-state index in [9.17, 15) is 9.59 Å². The second-order valence-corrected chi connectivity index (χ2v) is 7.75. The Hall–Kier alpha value is -3.06. The number of carbonyl (C=O) groups excluding carboxylic acids is 2. The molecular weight excluding hydrogens is 406 g/mol. The fourth-order valence-electron chi connectivity index (χ4n) is 4.15. The van der Waals surface area contributed by atoms with Crippen molar-refractivity contribution in [1.29, 1.82) is 0 Å². The van der Waals surface area contributed by atoms with Crippen molar-refractivity contribution >= 4 is 11.8 Å². The third kappa shape index (κ3) is 5.22. The van der Waals surface area contributed by atoms with Gasteiger partial charge in [0, 0.05) is 37.8 Å². The predicted molar refractivity (Wildman–Crippen MR) is 124 cm³/mol. The summed E-state index contributed by atoms with van der Waals surface area (Å²) in [6.45, 7) is 7.73. The zero-order valence-corrected chi connectivity index (χ0v) is 19.4. The average Bonchev–Trinajstić information content (AvgIpc) is 2.86. The lowest BCUT2D eigenvalue weighted by Crippen LogP contribution is -2.53. The summed E-state index contributed by atoms with van der Waals surface area (Å²) in [5, 5.41) is 0. The summed E-state index contributed by atoms with van der Waals surface area (Å²) >= 11 is 0. The molecule has 7 heteroatoms. The van der Waals surface area contributed by atoms with Crippen LogP contribution in [0.2, 0.25) is 0 Å². The Balaban J connectivity index is 1.71. The Morgan fingerprint density at radius 2 is 1.41 bits per heavy atom. The molecule has 0 aliphatic carbocycles. The fraction of sp³-hybridized carbons (Fsp3) is 0.440. The van der Waals surface area contributed by atoms with E-state index in [0.29, 0.717) is 43.2 Å². The lowest BCUT2D eigenvalue weighted by Gasteiger charge is -2.39. The Bertz CT molecular complexity index is 884. The topological polar surface area (TPSA) is 62.3 Å². The van der Waals surface area contributed by atoms with E-state index in [-0.39, 0.29) is 17.9 Å². The zero-order valence-electron chi connectivity index (χ0n) is 19.4. The number of piperazine rings is 1. The molecule has 2 amide bonds. The summed E-state index contributed by atoms with van der Waals surface area (Å²) in [5.74, 6) is 1.16. The molecule has 1 fully saturated rings. The molecule has 2 aromatic carbocycles. The molecule has 2 aromatic rings. The van der Waals surface area contributed by atoms with Crippen LogP contribution in [0.5, 0.6) is 11.5 Å². The molecule has 1 aliphatic rings. The first-order valence-corrected chi connectivity index (χ1v) is 11.1. The van der Waals surface area contributed by atoms with Gasteiger partial charge in [-0.05, 0) is 30.8 Å². The van der Waals surface area contributed by atoms with Crippen molar-refractivity contribution in [3.8, 4) is 11.5 Å². The van der Waals surface area contributed by atoms with E-state index in [0.717, 1.165) is 18.7 Å². The highest BCUT2D eigenvalue weighted by Gasteiger charge is 2.33. The summed E-state index contributed by atoms with van der Waals surface area (Å²) in [6, 6.07) is 14.8. The molecule has 172 valence electrons. The van der Waals surface area contributed by atoms with Crippen LogP contribution < -0.4 is 9.47 Å². The molecule has 3 rings (SSSR count).